The van der Waals surface area contributed by atoms with Gasteiger partial charge in [0.2, 0.25) is 5.91 Å². The fourth-order valence-electron chi connectivity index (χ4n) is 3.76. The highest BCUT2D eigenvalue weighted by atomic mass is 35.5. The first-order chi connectivity index (χ1) is 16.5. The summed E-state index contributed by atoms with van der Waals surface area (Å²) in [6.45, 7) is 0. The maximum atomic E-state index is 13.0. The van der Waals surface area contributed by atoms with E-state index >= 15 is 0 Å². The molecule has 0 aromatic heterocycles. The van der Waals surface area contributed by atoms with Gasteiger partial charge in [0.25, 0.3) is 5.91 Å². The predicted molar refractivity (Wildman–Crippen MR) is 143 cm³/mol. The molecule has 0 aliphatic heterocycles. The number of benzene rings is 3. The van der Waals surface area contributed by atoms with Crippen molar-refractivity contribution in [3.8, 4) is 5.75 Å². The average molecular weight is 593 g/mol. The molecule has 2 amide bonds. The van der Waals surface area contributed by atoms with E-state index in [4.69, 9.17) is 74.3 Å². The van der Waals surface area contributed by atoms with Crippen molar-refractivity contribution in [2.24, 2.45) is 5.92 Å². The number of hydrogen-bond acceptors (Lipinski definition) is 3. The van der Waals surface area contributed by atoms with E-state index in [1.165, 1.54) is 19.2 Å². The normalized spacial score (nSPS) is 18.0. The van der Waals surface area contributed by atoms with Gasteiger partial charge < -0.3 is 15.4 Å². The summed E-state index contributed by atoms with van der Waals surface area (Å²) in [4.78, 5) is 25.9. The predicted octanol–water partition coefficient (Wildman–Crippen LogP) is 8.09. The molecule has 0 heterocycles. The first kappa shape index (κ1) is 26.2. The van der Waals surface area contributed by atoms with Crippen LogP contribution in [0.5, 0.6) is 5.75 Å². The van der Waals surface area contributed by atoms with Gasteiger partial charge in [0.15, 0.2) is 0 Å². The van der Waals surface area contributed by atoms with Gasteiger partial charge in [-0.1, -0.05) is 46.4 Å². The van der Waals surface area contributed by atoms with Gasteiger partial charge in [0.1, 0.15) is 10.1 Å². The molecule has 182 valence electrons. The highest BCUT2D eigenvalue weighted by molar-refractivity contribution is 6.53. The van der Waals surface area contributed by atoms with Gasteiger partial charge >= 0.3 is 0 Å². The van der Waals surface area contributed by atoms with Gasteiger partial charge in [0, 0.05) is 33.4 Å². The van der Waals surface area contributed by atoms with Crippen LogP contribution in [-0.4, -0.2) is 23.3 Å². The Hall–Kier alpha value is -1.86. The summed E-state index contributed by atoms with van der Waals surface area (Å²) in [5.74, 6) is -1.77. The first-order valence-electron chi connectivity index (χ1n) is 10.1. The number of carbonyl (C=O) groups is 2. The zero-order valence-electron chi connectivity index (χ0n) is 17.8. The summed E-state index contributed by atoms with van der Waals surface area (Å²) in [5.41, 5.74) is 1.60. The summed E-state index contributed by atoms with van der Waals surface area (Å²) >= 11 is 37.3. The van der Waals surface area contributed by atoms with Crippen LogP contribution in [0.15, 0.2) is 54.6 Å². The van der Waals surface area contributed by atoms with Crippen molar-refractivity contribution in [1.29, 1.82) is 0 Å². The van der Waals surface area contributed by atoms with Crippen molar-refractivity contribution in [2.45, 2.75) is 10.3 Å². The molecule has 2 atom stereocenters. The third-order valence-electron chi connectivity index (χ3n) is 5.47. The minimum atomic E-state index is -1.33. The van der Waals surface area contributed by atoms with Crippen molar-refractivity contribution in [1.82, 2.24) is 0 Å². The molecular weight excluding hydrogens is 577 g/mol. The zero-order chi connectivity index (χ0) is 25.5. The van der Waals surface area contributed by atoms with Crippen LogP contribution in [0.25, 0.3) is 0 Å². The average Bonchev–Trinajstić information content (AvgIpc) is 3.37. The number of rotatable bonds is 6. The summed E-state index contributed by atoms with van der Waals surface area (Å²) in [6, 6.07) is 14.2. The quantitative estimate of drug-likeness (QED) is 0.284. The lowest BCUT2D eigenvalue weighted by atomic mass is 10.1. The van der Waals surface area contributed by atoms with Crippen LogP contribution < -0.4 is 15.4 Å². The Morgan fingerprint density at radius 3 is 2.06 bits per heavy atom. The maximum absolute atomic E-state index is 13.0. The van der Waals surface area contributed by atoms with Crippen LogP contribution in [0.4, 0.5) is 11.4 Å². The largest absolute Gasteiger partial charge is 0.495 e. The molecule has 5 nitrogen and oxygen atoms in total. The van der Waals surface area contributed by atoms with Crippen LogP contribution >= 0.6 is 69.6 Å². The highest BCUT2D eigenvalue weighted by Crippen LogP contribution is 2.65. The SMILES string of the molecule is COc1cc(NC(=O)c2cc(NC(=O)[C@@H]3C(c4cc(Cl)cc(Cl)c4)C3(Cl)Cl)ccc2Cl)ccc1Cl. The number of alkyl halides is 2. The van der Waals surface area contributed by atoms with Crippen LogP contribution in [-0.2, 0) is 4.79 Å². The highest BCUT2D eigenvalue weighted by Gasteiger charge is 2.67. The molecule has 11 heteroatoms. The molecule has 4 rings (SSSR count). The monoisotopic (exact) mass is 590 g/mol. The molecular formula is C24H16Cl6N2O3. The molecule has 3 aromatic rings. The van der Waals surface area contributed by atoms with E-state index in [1.54, 1.807) is 42.5 Å². The number of halogens is 6. The van der Waals surface area contributed by atoms with E-state index in [2.05, 4.69) is 10.6 Å². The second-order valence-corrected chi connectivity index (χ2v) is 11.0. The number of carbonyl (C=O) groups excluding carboxylic acids is 2. The standard InChI is InChI=1S/C24H16Cl6N2O3/c1-35-19-10-15(3-5-18(19)28)31-22(33)16-9-14(2-4-17(16)27)32-23(34)21-20(24(21,29)30)11-6-12(25)8-13(26)7-11/h2-10,20-21H,1H3,(H,31,33)(H,32,34)/t20?,21-/m0/s1. The number of amides is 2. The maximum Gasteiger partial charge on any atom is 0.257 e. The van der Waals surface area contributed by atoms with Gasteiger partial charge in [-0.2, -0.15) is 0 Å². The zero-order valence-corrected chi connectivity index (χ0v) is 22.4. The van der Waals surface area contributed by atoms with E-state index in [0.717, 1.165) is 0 Å². The minimum Gasteiger partial charge on any atom is -0.495 e. The molecule has 1 aliphatic carbocycles. The van der Waals surface area contributed by atoms with Crippen LogP contribution in [0.1, 0.15) is 21.8 Å². The molecule has 2 N–H and O–H groups in total. The smallest absolute Gasteiger partial charge is 0.257 e. The first-order valence-corrected chi connectivity index (χ1v) is 12.4. The van der Waals surface area contributed by atoms with Crippen molar-refractivity contribution >= 4 is 92.8 Å². The Morgan fingerprint density at radius 1 is 0.829 bits per heavy atom. The number of nitrogens with one attached hydrogen (secondary N) is 2. The molecule has 0 spiro atoms. The van der Waals surface area contributed by atoms with Gasteiger partial charge in [-0.25, -0.2) is 0 Å². The molecule has 0 bridgehead atoms. The van der Waals surface area contributed by atoms with Crippen molar-refractivity contribution < 1.29 is 14.3 Å². The van der Waals surface area contributed by atoms with E-state index in [9.17, 15) is 9.59 Å². The van der Waals surface area contributed by atoms with Crippen molar-refractivity contribution in [3.63, 3.8) is 0 Å². The van der Waals surface area contributed by atoms with Gasteiger partial charge in [-0.05, 0) is 54.1 Å². The second kappa shape index (κ2) is 10.3. The lowest BCUT2D eigenvalue weighted by Gasteiger charge is -2.11. The van der Waals surface area contributed by atoms with E-state index in [0.29, 0.717) is 37.8 Å². The Kier molecular flexibility index (Phi) is 7.68. The van der Waals surface area contributed by atoms with Gasteiger partial charge in [-0.3, -0.25) is 9.59 Å². The Balaban J connectivity index is 1.51. The third-order valence-corrected chi connectivity index (χ3v) is 7.49. The molecule has 1 unspecified atom stereocenters. The topological polar surface area (TPSA) is 67.4 Å². The molecule has 0 radical (unpaired) electrons. The molecule has 1 saturated carbocycles. The van der Waals surface area contributed by atoms with Crippen LogP contribution in [0.2, 0.25) is 20.1 Å². The van der Waals surface area contributed by atoms with E-state index in [1.807, 2.05) is 0 Å². The summed E-state index contributed by atoms with van der Waals surface area (Å²) in [6.07, 6.45) is 0. The van der Waals surface area contributed by atoms with Gasteiger partial charge in [0.05, 0.1) is 28.6 Å². The number of methoxy groups -OCH3 is 1. The van der Waals surface area contributed by atoms with Crippen molar-refractivity contribution in [3.05, 3.63) is 85.8 Å². The molecule has 3 aromatic carbocycles. The number of hydrogen-bond donors (Lipinski definition) is 2. The summed E-state index contributed by atoms with van der Waals surface area (Å²) in [5, 5.41) is 6.90. The molecule has 0 saturated heterocycles. The fourth-order valence-corrected chi connectivity index (χ4v) is 5.52. The fraction of sp³-hybridized carbons (Fsp3) is 0.167. The Labute approximate surface area is 231 Å². The summed E-state index contributed by atoms with van der Waals surface area (Å²) < 4.78 is 3.83. The number of anilines is 2. The van der Waals surface area contributed by atoms with Gasteiger partial charge in [-0.15, -0.1) is 23.2 Å². The minimum absolute atomic E-state index is 0.148. The van der Waals surface area contributed by atoms with Crippen molar-refractivity contribution in [2.75, 3.05) is 17.7 Å². The second-order valence-electron chi connectivity index (χ2n) is 7.82. The lowest BCUT2D eigenvalue weighted by molar-refractivity contribution is -0.117. The lowest BCUT2D eigenvalue weighted by Crippen LogP contribution is -2.18. The van der Waals surface area contributed by atoms with E-state index in [-0.39, 0.29) is 10.6 Å². The Morgan fingerprint density at radius 2 is 1.43 bits per heavy atom. The molecule has 1 fully saturated rings. The van der Waals surface area contributed by atoms with E-state index < -0.39 is 28.0 Å². The number of ether oxygens (including phenoxy) is 1. The summed E-state index contributed by atoms with van der Waals surface area (Å²) in [7, 11) is 1.47. The van der Waals surface area contributed by atoms with Crippen LogP contribution in [0.3, 0.4) is 0 Å². The molecule has 1 aliphatic rings. The Bertz CT molecular complexity index is 1310. The third kappa shape index (κ3) is 5.61. The molecule has 35 heavy (non-hydrogen) atoms. The van der Waals surface area contributed by atoms with Crippen LogP contribution in [0, 0.1) is 5.92 Å².